The van der Waals surface area contributed by atoms with E-state index in [2.05, 4.69) is 0 Å². The van der Waals surface area contributed by atoms with E-state index < -0.39 is 17.5 Å². The van der Waals surface area contributed by atoms with E-state index in [0.717, 1.165) is 18.2 Å². The molecular weight excluding hydrogens is 252 g/mol. The smallest absolute Gasteiger partial charge is 0.261 e. The molecule has 0 saturated carbocycles. The van der Waals surface area contributed by atoms with E-state index in [0.29, 0.717) is 5.69 Å². The van der Waals surface area contributed by atoms with Crippen molar-refractivity contribution >= 4 is 11.6 Å². The van der Waals surface area contributed by atoms with Crippen LogP contribution in [0.1, 0.15) is 10.4 Å². The molecule has 0 radical (unpaired) electrons. The first-order valence-electron chi connectivity index (χ1n) is 5.51. The van der Waals surface area contributed by atoms with Crippen LogP contribution in [0, 0.1) is 11.6 Å². The number of nitrogens with zero attached hydrogens (tertiary/aromatic N) is 1. The Kier molecular flexibility index (Phi) is 3.46. The monoisotopic (exact) mass is 263 g/mol. The molecule has 0 atom stereocenters. The lowest BCUT2D eigenvalue weighted by molar-refractivity contribution is 0.0990. The summed E-state index contributed by atoms with van der Waals surface area (Å²) in [5.74, 6) is -1.92. The number of anilines is 1. The second-order valence-corrected chi connectivity index (χ2v) is 4.00. The molecule has 3 nitrogen and oxygen atoms in total. The highest BCUT2D eigenvalue weighted by atomic mass is 19.1. The fourth-order valence-corrected chi connectivity index (χ4v) is 1.64. The summed E-state index contributed by atoms with van der Waals surface area (Å²) in [6, 6.07) is 8.39. The Bertz CT molecular complexity index is 611. The second-order valence-electron chi connectivity index (χ2n) is 4.00. The molecule has 0 fully saturated rings. The molecule has 0 heterocycles. The predicted molar refractivity (Wildman–Crippen MR) is 67.2 cm³/mol. The Morgan fingerprint density at radius 3 is 2.26 bits per heavy atom. The molecule has 2 aromatic rings. The summed E-state index contributed by atoms with van der Waals surface area (Å²) in [6.45, 7) is 0. The number of benzene rings is 2. The molecule has 1 amide bonds. The van der Waals surface area contributed by atoms with Gasteiger partial charge in [-0.3, -0.25) is 4.79 Å². The van der Waals surface area contributed by atoms with Crippen LogP contribution < -0.4 is 4.90 Å². The van der Waals surface area contributed by atoms with Gasteiger partial charge in [-0.05, 0) is 42.5 Å². The third kappa shape index (κ3) is 2.70. The van der Waals surface area contributed by atoms with E-state index in [1.807, 2.05) is 0 Å². The van der Waals surface area contributed by atoms with Gasteiger partial charge in [-0.1, -0.05) is 0 Å². The highest BCUT2D eigenvalue weighted by Crippen LogP contribution is 2.22. The third-order valence-electron chi connectivity index (χ3n) is 2.71. The SMILES string of the molecule is CN(C(=O)c1cc(F)ccc1O)c1ccc(F)cc1. The average molecular weight is 263 g/mol. The number of hydrogen-bond acceptors (Lipinski definition) is 2. The Morgan fingerprint density at radius 2 is 1.63 bits per heavy atom. The van der Waals surface area contributed by atoms with Gasteiger partial charge in [0.25, 0.3) is 5.91 Å². The molecule has 19 heavy (non-hydrogen) atoms. The predicted octanol–water partition coefficient (Wildman–Crippen LogP) is 2.95. The fraction of sp³-hybridized carbons (Fsp3) is 0.0714. The lowest BCUT2D eigenvalue weighted by atomic mass is 10.1. The summed E-state index contributed by atoms with van der Waals surface area (Å²) >= 11 is 0. The standard InChI is InChI=1S/C14H11F2NO2/c1-17(11-5-2-9(15)3-6-11)14(19)12-8-10(16)4-7-13(12)18/h2-8,18H,1H3. The number of halogens is 2. The van der Waals surface area contributed by atoms with Crippen LogP contribution in [-0.2, 0) is 0 Å². The zero-order valence-corrected chi connectivity index (χ0v) is 10.1. The van der Waals surface area contributed by atoms with Crippen molar-refractivity contribution in [3.05, 3.63) is 59.7 Å². The summed E-state index contributed by atoms with van der Waals surface area (Å²) in [5.41, 5.74) is 0.293. The molecule has 0 unspecified atom stereocenters. The van der Waals surface area contributed by atoms with Crippen molar-refractivity contribution in [2.75, 3.05) is 11.9 Å². The van der Waals surface area contributed by atoms with Crippen molar-refractivity contribution in [2.24, 2.45) is 0 Å². The number of carbonyl (C=O) groups excluding carboxylic acids is 1. The van der Waals surface area contributed by atoms with E-state index in [1.54, 1.807) is 0 Å². The highest BCUT2D eigenvalue weighted by molar-refractivity contribution is 6.07. The van der Waals surface area contributed by atoms with E-state index >= 15 is 0 Å². The first-order valence-corrected chi connectivity index (χ1v) is 5.51. The van der Waals surface area contributed by atoms with Gasteiger partial charge in [-0.2, -0.15) is 0 Å². The lowest BCUT2D eigenvalue weighted by Gasteiger charge is -2.18. The van der Waals surface area contributed by atoms with Crippen LogP contribution in [-0.4, -0.2) is 18.1 Å². The quantitative estimate of drug-likeness (QED) is 0.905. The van der Waals surface area contributed by atoms with Crippen molar-refractivity contribution in [1.82, 2.24) is 0 Å². The molecule has 0 bridgehead atoms. The number of phenolic OH excluding ortho intramolecular Hbond substituents is 1. The number of phenols is 1. The maximum Gasteiger partial charge on any atom is 0.261 e. The topological polar surface area (TPSA) is 40.5 Å². The van der Waals surface area contributed by atoms with Gasteiger partial charge >= 0.3 is 0 Å². The molecule has 0 aromatic heterocycles. The number of hydrogen-bond donors (Lipinski definition) is 1. The van der Waals surface area contributed by atoms with E-state index in [-0.39, 0.29) is 11.3 Å². The maximum atomic E-state index is 13.1. The molecule has 0 aliphatic rings. The van der Waals surface area contributed by atoms with Crippen LogP contribution in [0.25, 0.3) is 0 Å². The molecule has 98 valence electrons. The summed E-state index contributed by atoms with van der Waals surface area (Å²) in [4.78, 5) is 13.3. The summed E-state index contributed by atoms with van der Waals surface area (Å²) in [7, 11) is 1.46. The van der Waals surface area contributed by atoms with Crippen molar-refractivity contribution < 1.29 is 18.7 Å². The minimum Gasteiger partial charge on any atom is -0.507 e. The Hall–Kier alpha value is -2.43. The van der Waals surface area contributed by atoms with Crippen LogP contribution in [0.3, 0.4) is 0 Å². The molecular formula is C14H11F2NO2. The molecule has 2 rings (SSSR count). The van der Waals surface area contributed by atoms with Crippen molar-refractivity contribution in [3.8, 4) is 5.75 Å². The molecule has 0 aliphatic heterocycles. The van der Waals surface area contributed by atoms with Gasteiger partial charge in [0.15, 0.2) is 0 Å². The van der Waals surface area contributed by atoms with Gasteiger partial charge in [0.05, 0.1) is 5.56 Å². The van der Waals surface area contributed by atoms with E-state index in [9.17, 15) is 18.7 Å². The number of aromatic hydroxyl groups is 1. The zero-order valence-electron chi connectivity index (χ0n) is 10.1. The third-order valence-corrected chi connectivity index (χ3v) is 2.71. The van der Waals surface area contributed by atoms with Gasteiger partial charge in [0.2, 0.25) is 0 Å². The summed E-state index contributed by atoms with van der Waals surface area (Å²) in [6.07, 6.45) is 0. The van der Waals surface area contributed by atoms with E-state index in [4.69, 9.17) is 0 Å². The highest BCUT2D eigenvalue weighted by Gasteiger charge is 2.17. The normalized spacial score (nSPS) is 10.3. The van der Waals surface area contributed by atoms with Crippen LogP contribution in [0.4, 0.5) is 14.5 Å². The molecule has 0 aliphatic carbocycles. The van der Waals surface area contributed by atoms with Crippen LogP contribution in [0.5, 0.6) is 5.75 Å². The number of amides is 1. The Labute approximate surface area is 108 Å². The van der Waals surface area contributed by atoms with Gasteiger partial charge in [-0.25, -0.2) is 8.78 Å². The van der Waals surface area contributed by atoms with Crippen LogP contribution in [0.15, 0.2) is 42.5 Å². The largest absolute Gasteiger partial charge is 0.507 e. The second kappa shape index (κ2) is 5.06. The van der Waals surface area contributed by atoms with Gasteiger partial charge < -0.3 is 10.0 Å². The number of carbonyl (C=O) groups is 1. The van der Waals surface area contributed by atoms with Crippen molar-refractivity contribution in [1.29, 1.82) is 0 Å². The fourth-order valence-electron chi connectivity index (χ4n) is 1.64. The molecule has 5 heteroatoms. The first-order chi connectivity index (χ1) is 8.99. The van der Waals surface area contributed by atoms with Gasteiger partial charge in [0, 0.05) is 12.7 Å². The Morgan fingerprint density at radius 1 is 1.05 bits per heavy atom. The molecule has 0 saturated heterocycles. The summed E-state index contributed by atoms with van der Waals surface area (Å²) in [5, 5.41) is 9.57. The minimum atomic E-state index is -0.617. The average Bonchev–Trinajstić information content (AvgIpc) is 2.41. The maximum absolute atomic E-state index is 13.1. The molecule has 0 spiro atoms. The van der Waals surface area contributed by atoms with Gasteiger partial charge in [0.1, 0.15) is 17.4 Å². The molecule has 2 aromatic carbocycles. The van der Waals surface area contributed by atoms with E-state index in [1.165, 1.54) is 36.2 Å². The Balaban J connectivity index is 2.33. The van der Waals surface area contributed by atoms with Crippen LogP contribution >= 0.6 is 0 Å². The van der Waals surface area contributed by atoms with Crippen molar-refractivity contribution in [3.63, 3.8) is 0 Å². The number of rotatable bonds is 2. The van der Waals surface area contributed by atoms with Gasteiger partial charge in [-0.15, -0.1) is 0 Å². The van der Waals surface area contributed by atoms with Crippen molar-refractivity contribution in [2.45, 2.75) is 0 Å². The minimum absolute atomic E-state index is 0.146. The van der Waals surface area contributed by atoms with Crippen LogP contribution in [0.2, 0.25) is 0 Å². The zero-order chi connectivity index (χ0) is 14.0. The molecule has 1 N–H and O–H groups in total. The first kappa shape index (κ1) is 13.0. The summed E-state index contributed by atoms with van der Waals surface area (Å²) < 4.78 is 25.9. The lowest BCUT2D eigenvalue weighted by Crippen LogP contribution is -2.26.